The number of carbonyl (C=O) groups is 1. The molecule has 0 bridgehead atoms. The van der Waals surface area contributed by atoms with Gasteiger partial charge in [0, 0.05) is 0 Å². The molecule has 4 N–H and O–H groups in total. The SMILES string of the molecule is CCC(C)(NC(=O)C1CCCc2ccccc21)C(N)=NO. The predicted molar refractivity (Wildman–Crippen MR) is 82.4 cm³/mol. The number of hydrogen-bond acceptors (Lipinski definition) is 3. The van der Waals surface area contributed by atoms with Gasteiger partial charge in [-0.05, 0) is 43.7 Å². The zero-order valence-electron chi connectivity index (χ0n) is 12.6. The molecule has 0 aromatic heterocycles. The summed E-state index contributed by atoms with van der Waals surface area (Å²) in [5, 5.41) is 14.9. The summed E-state index contributed by atoms with van der Waals surface area (Å²) in [6.45, 7) is 3.67. The van der Waals surface area contributed by atoms with Crippen LogP contribution in [0.4, 0.5) is 0 Å². The summed E-state index contributed by atoms with van der Waals surface area (Å²) in [6, 6.07) is 8.07. The van der Waals surface area contributed by atoms with E-state index >= 15 is 0 Å². The normalized spacial score (nSPS) is 21.2. The van der Waals surface area contributed by atoms with Crippen LogP contribution >= 0.6 is 0 Å². The highest BCUT2D eigenvalue weighted by Gasteiger charge is 2.34. The molecule has 0 saturated carbocycles. The second-order valence-electron chi connectivity index (χ2n) is 5.80. The second-order valence-corrected chi connectivity index (χ2v) is 5.80. The van der Waals surface area contributed by atoms with Crippen LogP contribution < -0.4 is 11.1 Å². The van der Waals surface area contributed by atoms with Gasteiger partial charge in [0.2, 0.25) is 5.91 Å². The predicted octanol–water partition coefficient (Wildman–Crippen LogP) is 2.14. The largest absolute Gasteiger partial charge is 0.409 e. The summed E-state index contributed by atoms with van der Waals surface area (Å²) in [5.41, 5.74) is 7.24. The summed E-state index contributed by atoms with van der Waals surface area (Å²) in [5.74, 6) is -0.187. The number of rotatable bonds is 4. The van der Waals surface area contributed by atoms with Crippen molar-refractivity contribution in [3.63, 3.8) is 0 Å². The number of fused-ring (bicyclic) bond motifs is 1. The van der Waals surface area contributed by atoms with Crippen LogP contribution in [-0.2, 0) is 11.2 Å². The first kappa shape index (κ1) is 15.4. The van der Waals surface area contributed by atoms with E-state index < -0.39 is 5.54 Å². The zero-order valence-corrected chi connectivity index (χ0v) is 12.6. The van der Waals surface area contributed by atoms with Crippen molar-refractivity contribution in [2.24, 2.45) is 10.9 Å². The Bertz CT molecular complexity index is 556. The van der Waals surface area contributed by atoms with Crippen molar-refractivity contribution in [1.29, 1.82) is 0 Å². The molecule has 21 heavy (non-hydrogen) atoms. The third kappa shape index (κ3) is 3.01. The van der Waals surface area contributed by atoms with Crippen molar-refractivity contribution in [3.8, 4) is 0 Å². The van der Waals surface area contributed by atoms with Crippen molar-refractivity contribution in [2.45, 2.75) is 51.0 Å². The molecule has 0 spiro atoms. The number of nitrogens with two attached hydrogens (primary N) is 1. The highest BCUT2D eigenvalue weighted by Crippen LogP contribution is 2.32. The molecule has 114 valence electrons. The van der Waals surface area contributed by atoms with E-state index in [0.29, 0.717) is 6.42 Å². The van der Waals surface area contributed by atoms with Crippen LogP contribution in [0.2, 0.25) is 0 Å². The molecular formula is C16H23N3O2. The lowest BCUT2D eigenvalue weighted by Gasteiger charge is -2.32. The molecule has 1 amide bonds. The molecule has 0 fully saturated rings. The van der Waals surface area contributed by atoms with Gasteiger partial charge in [-0.25, -0.2) is 0 Å². The standard InChI is InChI=1S/C16H23N3O2/c1-3-16(2,15(17)19-21)18-14(20)13-10-6-8-11-7-4-5-9-12(11)13/h4-5,7,9,13,21H,3,6,8,10H2,1-2H3,(H2,17,19)(H,18,20). The Morgan fingerprint density at radius 1 is 1.52 bits per heavy atom. The molecule has 2 atom stereocenters. The number of benzene rings is 1. The Morgan fingerprint density at radius 2 is 2.24 bits per heavy atom. The molecule has 0 radical (unpaired) electrons. The average molecular weight is 289 g/mol. The Kier molecular flexibility index (Phi) is 4.50. The van der Waals surface area contributed by atoms with Crippen LogP contribution in [0.15, 0.2) is 29.4 Å². The zero-order chi connectivity index (χ0) is 15.5. The topological polar surface area (TPSA) is 87.7 Å². The Labute approximate surface area is 125 Å². The van der Waals surface area contributed by atoms with Crippen LogP contribution in [0, 0.1) is 0 Å². The van der Waals surface area contributed by atoms with Crippen molar-refractivity contribution in [1.82, 2.24) is 5.32 Å². The maximum absolute atomic E-state index is 12.7. The monoisotopic (exact) mass is 289 g/mol. The number of nitrogens with one attached hydrogen (secondary N) is 1. The van der Waals surface area contributed by atoms with Crippen LogP contribution in [-0.4, -0.2) is 22.5 Å². The fourth-order valence-corrected chi connectivity index (χ4v) is 2.83. The molecule has 5 nitrogen and oxygen atoms in total. The van der Waals surface area contributed by atoms with Gasteiger partial charge in [0.05, 0.1) is 11.5 Å². The van der Waals surface area contributed by atoms with Gasteiger partial charge in [0.1, 0.15) is 0 Å². The van der Waals surface area contributed by atoms with E-state index in [2.05, 4.69) is 16.5 Å². The number of hydrogen-bond donors (Lipinski definition) is 3. The first-order valence-corrected chi connectivity index (χ1v) is 7.39. The minimum absolute atomic E-state index is 0.0300. The number of amidine groups is 1. The quantitative estimate of drug-likeness (QED) is 0.343. The molecule has 1 aliphatic carbocycles. The molecule has 2 rings (SSSR count). The Hall–Kier alpha value is -2.04. The maximum atomic E-state index is 12.7. The molecular weight excluding hydrogens is 266 g/mol. The van der Waals surface area contributed by atoms with Crippen LogP contribution in [0.1, 0.15) is 50.2 Å². The summed E-state index contributed by atoms with van der Waals surface area (Å²) >= 11 is 0. The van der Waals surface area contributed by atoms with Gasteiger partial charge < -0.3 is 16.3 Å². The molecule has 2 unspecified atom stereocenters. The van der Waals surface area contributed by atoms with E-state index in [1.54, 1.807) is 6.92 Å². The van der Waals surface area contributed by atoms with Gasteiger partial charge in [-0.15, -0.1) is 0 Å². The van der Waals surface area contributed by atoms with Crippen LogP contribution in [0.5, 0.6) is 0 Å². The fourth-order valence-electron chi connectivity index (χ4n) is 2.83. The Balaban J connectivity index is 2.22. The van der Waals surface area contributed by atoms with Gasteiger partial charge in [-0.1, -0.05) is 36.3 Å². The average Bonchev–Trinajstić information content (AvgIpc) is 2.53. The smallest absolute Gasteiger partial charge is 0.228 e. The van der Waals surface area contributed by atoms with Crippen molar-refractivity contribution >= 4 is 11.7 Å². The molecule has 5 heteroatoms. The van der Waals surface area contributed by atoms with E-state index in [1.807, 2.05) is 25.1 Å². The molecule has 0 aliphatic heterocycles. The van der Waals surface area contributed by atoms with E-state index in [0.717, 1.165) is 24.8 Å². The van der Waals surface area contributed by atoms with E-state index in [1.165, 1.54) is 5.56 Å². The molecule has 0 heterocycles. The summed E-state index contributed by atoms with van der Waals surface area (Å²) in [4.78, 5) is 12.7. The highest BCUT2D eigenvalue weighted by molar-refractivity contribution is 5.95. The fraction of sp³-hybridized carbons (Fsp3) is 0.500. The molecule has 0 saturated heterocycles. The number of aryl methyl sites for hydroxylation is 1. The second kappa shape index (κ2) is 6.16. The van der Waals surface area contributed by atoms with E-state index in [-0.39, 0.29) is 17.7 Å². The third-order valence-corrected chi connectivity index (χ3v) is 4.47. The molecule has 1 aliphatic rings. The summed E-state index contributed by atoms with van der Waals surface area (Å²) < 4.78 is 0. The van der Waals surface area contributed by atoms with E-state index in [4.69, 9.17) is 10.9 Å². The minimum atomic E-state index is -0.821. The van der Waals surface area contributed by atoms with Gasteiger partial charge >= 0.3 is 0 Å². The first-order valence-electron chi connectivity index (χ1n) is 7.39. The third-order valence-electron chi connectivity index (χ3n) is 4.47. The van der Waals surface area contributed by atoms with Crippen LogP contribution in [0.3, 0.4) is 0 Å². The number of nitrogens with zero attached hydrogens (tertiary/aromatic N) is 1. The van der Waals surface area contributed by atoms with Gasteiger partial charge in [-0.3, -0.25) is 4.79 Å². The van der Waals surface area contributed by atoms with Gasteiger partial charge in [-0.2, -0.15) is 0 Å². The lowest BCUT2D eigenvalue weighted by atomic mass is 9.81. The van der Waals surface area contributed by atoms with Crippen molar-refractivity contribution in [2.75, 3.05) is 0 Å². The first-order chi connectivity index (χ1) is 10.0. The minimum Gasteiger partial charge on any atom is -0.409 e. The van der Waals surface area contributed by atoms with Crippen LogP contribution in [0.25, 0.3) is 0 Å². The molecule has 1 aromatic carbocycles. The number of carbonyl (C=O) groups excluding carboxylic acids is 1. The van der Waals surface area contributed by atoms with Crippen molar-refractivity contribution < 1.29 is 10.0 Å². The van der Waals surface area contributed by atoms with Crippen molar-refractivity contribution in [3.05, 3.63) is 35.4 Å². The van der Waals surface area contributed by atoms with Gasteiger partial charge in [0.25, 0.3) is 0 Å². The molecule has 1 aromatic rings. The highest BCUT2D eigenvalue weighted by atomic mass is 16.4. The Morgan fingerprint density at radius 3 is 2.90 bits per heavy atom. The van der Waals surface area contributed by atoms with Gasteiger partial charge in [0.15, 0.2) is 5.84 Å². The number of amides is 1. The lowest BCUT2D eigenvalue weighted by molar-refractivity contribution is -0.124. The summed E-state index contributed by atoms with van der Waals surface area (Å²) in [7, 11) is 0. The lowest BCUT2D eigenvalue weighted by Crippen LogP contribution is -2.56. The maximum Gasteiger partial charge on any atom is 0.228 e. The summed E-state index contributed by atoms with van der Waals surface area (Å²) in [6.07, 6.45) is 3.41. The number of oxime groups is 1. The van der Waals surface area contributed by atoms with E-state index in [9.17, 15) is 4.79 Å².